The summed E-state index contributed by atoms with van der Waals surface area (Å²) in [7, 11) is -3.05. The van der Waals surface area contributed by atoms with Crippen LogP contribution in [0.5, 0.6) is 0 Å². The third-order valence-corrected chi connectivity index (χ3v) is 4.56. The molecular weight excluding hydrogens is 202 g/mol. The minimum Gasteiger partial charge on any atom is -0.392 e. The molecule has 0 bridgehead atoms. The monoisotopic (exact) mass is 223 g/mol. The maximum atomic E-state index is 11.3. The average Bonchev–Trinajstić information content (AvgIpc) is 2.01. The standard InChI is InChI=1S/C9H21NO3S/c1-5-8(11)6-10-7-9(2,3)14(4,12)13/h8,10-11H,5-7H2,1-4H3. The zero-order chi connectivity index (χ0) is 11.4. The zero-order valence-corrected chi connectivity index (χ0v) is 10.2. The molecule has 0 aromatic carbocycles. The van der Waals surface area contributed by atoms with Gasteiger partial charge >= 0.3 is 0 Å². The minimum absolute atomic E-state index is 0.364. The first-order chi connectivity index (χ1) is 6.20. The second-order valence-corrected chi connectivity index (χ2v) is 6.87. The molecule has 1 unspecified atom stereocenters. The second kappa shape index (κ2) is 5.09. The molecule has 0 spiro atoms. The lowest BCUT2D eigenvalue weighted by molar-refractivity contribution is 0.166. The number of hydrogen-bond acceptors (Lipinski definition) is 4. The first-order valence-electron chi connectivity index (χ1n) is 4.79. The van der Waals surface area contributed by atoms with Gasteiger partial charge in [0.05, 0.1) is 10.9 Å². The number of nitrogens with one attached hydrogen (secondary N) is 1. The van der Waals surface area contributed by atoms with Crippen LogP contribution in [0.15, 0.2) is 0 Å². The van der Waals surface area contributed by atoms with E-state index in [4.69, 9.17) is 0 Å². The van der Waals surface area contributed by atoms with Gasteiger partial charge in [-0.3, -0.25) is 0 Å². The Hall–Kier alpha value is -0.130. The Balaban J connectivity index is 4.02. The normalized spacial score (nSPS) is 15.5. The molecule has 0 saturated carbocycles. The van der Waals surface area contributed by atoms with Crippen molar-refractivity contribution in [2.24, 2.45) is 0 Å². The van der Waals surface area contributed by atoms with Gasteiger partial charge in [-0.05, 0) is 20.3 Å². The molecule has 14 heavy (non-hydrogen) atoms. The van der Waals surface area contributed by atoms with Crippen LogP contribution in [-0.4, -0.2) is 43.7 Å². The lowest BCUT2D eigenvalue weighted by Crippen LogP contribution is -2.43. The van der Waals surface area contributed by atoms with E-state index >= 15 is 0 Å². The van der Waals surface area contributed by atoms with Crippen molar-refractivity contribution in [2.45, 2.75) is 38.0 Å². The van der Waals surface area contributed by atoms with Crippen molar-refractivity contribution in [1.82, 2.24) is 5.32 Å². The van der Waals surface area contributed by atoms with Crippen LogP contribution in [0.2, 0.25) is 0 Å². The minimum atomic E-state index is -3.05. The van der Waals surface area contributed by atoms with E-state index in [0.29, 0.717) is 19.5 Å². The summed E-state index contributed by atoms with van der Waals surface area (Å²) >= 11 is 0. The Morgan fingerprint density at radius 2 is 1.93 bits per heavy atom. The van der Waals surface area contributed by atoms with Crippen LogP contribution in [0.25, 0.3) is 0 Å². The Bertz CT molecular complexity index is 259. The van der Waals surface area contributed by atoms with Crippen LogP contribution in [0, 0.1) is 0 Å². The predicted molar refractivity (Wildman–Crippen MR) is 58.1 cm³/mol. The molecule has 2 N–H and O–H groups in total. The zero-order valence-electron chi connectivity index (χ0n) is 9.37. The summed E-state index contributed by atoms with van der Waals surface area (Å²) in [6.07, 6.45) is 1.50. The quantitative estimate of drug-likeness (QED) is 0.673. The number of rotatable bonds is 6. The van der Waals surface area contributed by atoms with Crippen molar-refractivity contribution >= 4 is 9.84 Å². The summed E-state index contributed by atoms with van der Waals surface area (Å²) in [4.78, 5) is 0. The van der Waals surface area contributed by atoms with E-state index in [9.17, 15) is 13.5 Å². The average molecular weight is 223 g/mol. The van der Waals surface area contributed by atoms with Gasteiger partial charge in [-0.2, -0.15) is 0 Å². The Morgan fingerprint density at radius 1 is 1.43 bits per heavy atom. The van der Waals surface area contributed by atoms with Crippen molar-refractivity contribution in [3.05, 3.63) is 0 Å². The first-order valence-corrected chi connectivity index (χ1v) is 6.68. The highest BCUT2D eigenvalue weighted by Gasteiger charge is 2.29. The molecule has 1 atom stereocenters. The van der Waals surface area contributed by atoms with E-state index in [-0.39, 0.29) is 0 Å². The van der Waals surface area contributed by atoms with Crippen molar-refractivity contribution < 1.29 is 13.5 Å². The predicted octanol–water partition coefficient (Wildman–Crippen LogP) is 0.170. The molecule has 0 aliphatic heterocycles. The molecule has 0 rings (SSSR count). The van der Waals surface area contributed by atoms with Gasteiger partial charge in [0.15, 0.2) is 9.84 Å². The Kier molecular flexibility index (Phi) is 5.05. The maximum absolute atomic E-state index is 11.3. The van der Waals surface area contributed by atoms with Crippen LogP contribution < -0.4 is 5.32 Å². The summed E-state index contributed by atoms with van der Waals surface area (Å²) in [6.45, 7) is 6.04. The number of aliphatic hydroxyl groups excluding tert-OH is 1. The number of hydrogen-bond donors (Lipinski definition) is 2. The highest BCUT2D eigenvalue weighted by atomic mass is 32.2. The Labute approximate surface area is 86.6 Å². The topological polar surface area (TPSA) is 66.4 Å². The molecule has 0 aromatic heterocycles. The molecule has 0 fully saturated rings. The molecule has 0 radical (unpaired) electrons. The van der Waals surface area contributed by atoms with Gasteiger partial charge in [0.25, 0.3) is 0 Å². The summed E-state index contributed by atoms with van der Waals surface area (Å²) in [5, 5.41) is 12.2. The van der Waals surface area contributed by atoms with Gasteiger partial charge < -0.3 is 10.4 Å². The van der Waals surface area contributed by atoms with E-state index in [1.165, 1.54) is 6.26 Å². The first kappa shape index (κ1) is 13.9. The van der Waals surface area contributed by atoms with E-state index in [1.54, 1.807) is 13.8 Å². The molecule has 0 amide bonds. The summed E-state index contributed by atoms with van der Waals surface area (Å²) in [6, 6.07) is 0. The van der Waals surface area contributed by atoms with Gasteiger partial charge in [-0.25, -0.2) is 8.42 Å². The van der Waals surface area contributed by atoms with Crippen molar-refractivity contribution in [3.8, 4) is 0 Å². The molecule has 0 saturated heterocycles. The molecule has 86 valence electrons. The molecule has 5 heteroatoms. The van der Waals surface area contributed by atoms with Crippen molar-refractivity contribution in [3.63, 3.8) is 0 Å². The highest BCUT2D eigenvalue weighted by molar-refractivity contribution is 7.92. The van der Waals surface area contributed by atoms with Gasteiger partial charge in [-0.15, -0.1) is 0 Å². The molecule has 0 heterocycles. The summed E-state index contributed by atoms with van der Waals surface area (Å²) in [5.74, 6) is 0. The van der Waals surface area contributed by atoms with Crippen molar-refractivity contribution in [1.29, 1.82) is 0 Å². The van der Waals surface area contributed by atoms with Gasteiger partial charge in [-0.1, -0.05) is 6.92 Å². The van der Waals surface area contributed by atoms with Crippen LogP contribution in [0.3, 0.4) is 0 Å². The lowest BCUT2D eigenvalue weighted by atomic mass is 10.2. The smallest absolute Gasteiger partial charge is 0.153 e. The van der Waals surface area contributed by atoms with E-state index < -0.39 is 20.7 Å². The summed E-state index contributed by atoms with van der Waals surface area (Å²) < 4.78 is 21.8. The molecule has 0 aliphatic rings. The van der Waals surface area contributed by atoms with Gasteiger partial charge in [0.2, 0.25) is 0 Å². The fraction of sp³-hybridized carbons (Fsp3) is 1.00. The van der Waals surface area contributed by atoms with Gasteiger partial charge in [0.1, 0.15) is 0 Å². The van der Waals surface area contributed by atoms with Gasteiger partial charge in [0, 0.05) is 19.3 Å². The van der Waals surface area contributed by atoms with E-state index in [0.717, 1.165) is 0 Å². The Morgan fingerprint density at radius 3 is 2.29 bits per heavy atom. The largest absolute Gasteiger partial charge is 0.392 e. The second-order valence-electron chi connectivity index (χ2n) is 4.22. The summed E-state index contributed by atoms with van der Waals surface area (Å²) in [5.41, 5.74) is 0. The van der Waals surface area contributed by atoms with Crippen LogP contribution in [0.4, 0.5) is 0 Å². The van der Waals surface area contributed by atoms with E-state index in [2.05, 4.69) is 5.32 Å². The third kappa shape index (κ3) is 4.39. The number of aliphatic hydroxyl groups is 1. The molecule has 4 nitrogen and oxygen atoms in total. The third-order valence-electron chi connectivity index (χ3n) is 2.41. The van der Waals surface area contributed by atoms with Crippen LogP contribution in [0.1, 0.15) is 27.2 Å². The number of sulfone groups is 1. The molecular formula is C9H21NO3S. The fourth-order valence-corrected chi connectivity index (χ4v) is 1.18. The fourth-order valence-electron chi connectivity index (χ4n) is 0.815. The van der Waals surface area contributed by atoms with Crippen molar-refractivity contribution in [2.75, 3.05) is 19.3 Å². The molecule has 0 aromatic rings. The highest BCUT2D eigenvalue weighted by Crippen LogP contribution is 2.13. The maximum Gasteiger partial charge on any atom is 0.153 e. The SMILES string of the molecule is CCC(O)CNCC(C)(C)S(C)(=O)=O. The van der Waals surface area contributed by atoms with Crippen LogP contribution >= 0.6 is 0 Å². The van der Waals surface area contributed by atoms with Crippen LogP contribution in [-0.2, 0) is 9.84 Å². The van der Waals surface area contributed by atoms with E-state index in [1.807, 2.05) is 6.92 Å². The molecule has 0 aliphatic carbocycles. The lowest BCUT2D eigenvalue weighted by Gasteiger charge is -2.23.